The number of urea groups is 1. The molecule has 0 aliphatic carbocycles. The van der Waals surface area contributed by atoms with Gasteiger partial charge in [0, 0.05) is 18.3 Å². The zero-order valence-corrected chi connectivity index (χ0v) is 9.83. The maximum Gasteiger partial charge on any atom is 0.318 e. The number of nitrogens with two attached hydrogens (primary N) is 2. The van der Waals surface area contributed by atoms with E-state index < -0.39 is 6.03 Å². The first-order valence-electron chi connectivity index (χ1n) is 5.28. The number of nitrogens with zero attached hydrogens (tertiary/aromatic N) is 3. The molecule has 1 heterocycles. The number of anilines is 1. The summed E-state index contributed by atoms with van der Waals surface area (Å²) in [4.78, 5) is 16.5. The zero-order valence-electron chi connectivity index (χ0n) is 9.83. The SMILES string of the molecule is CN(C(N)=O)c1cccc(-c2noc(CN)n2)c1. The van der Waals surface area contributed by atoms with Crippen LogP contribution in [0.2, 0.25) is 0 Å². The highest BCUT2D eigenvalue weighted by molar-refractivity contribution is 5.90. The highest BCUT2D eigenvalue weighted by atomic mass is 16.5. The molecule has 0 aliphatic heterocycles. The molecule has 0 radical (unpaired) electrons. The van der Waals surface area contributed by atoms with Crippen molar-refractivity contribution in [3.05, 3.63) is 30.2 Å². The van der Waals surface area contributed by atoms with E-state index in [0.717, 1.165) is 5.56 Å². The van der Waals surface area contributed by atoms with E-state index in [1.54, 1.807) is 25.2 Å². The molecular weight excluding hydrogens is 234 g/mol. The zero-order chi connectivity index (χ0) is 13.1. The smallest absolute Gasteiger partial charge is 0.318 e. The highest BCUT2D eigenvalue weighted by Crippen LogP contribution is 2.21. The van der Waals surface area contributed by atoms with Crippen molar-refractivity contribution in [2.75, 3.05) is 11.9 Å². The van der Waals surface area contributed by atoms with Gasteiger partial charge in [-0.15, -0.1) is 0 Å². The number of aromatic nitrogens is 2. The lowest BCUT2D eigenvalue weighted by Gasteiger charge is -2.14. The standard InChI is InChI=1S/C11H13N5O2/c1-16(11(13)17)8-4-2-3-7(5-8)10-14-9(6-12)18-15-10/h2-5H,6,12H2,1H3,(H2,13,17). The van der Waals surface area contributed by atoms with Crippen LogP contribution in [0.1, 0.15) is 5.89 Å². The van der Waals surface area contributed by atoms with Crippen LogP contribution in [0, 0.1) is 0 Å². The van der Waals surface area contributed by atoms with Gasteiger partial charge in [0.25, 0.3) is 0 Å². The summed E-state index contributed by atoms with van der Waals surface area (Å²) < 4.78 is 4.92. The van der Waals surface area contributed by atoms with Gasteiger partial charge < -0.3 is 16.0 Å². The van der Waals surface area contributed by atoms with Gasteiger partial charge in [-0.3, -0.25) is 4.90 Å². The minimum Gasteiger partial charge on any atom is -0.351 e. The van der Waals surface area contributed by atoms with Crippen molar-refractivity contribution in [1.29, 1.82) is 0 Å². The number of hydrogen-bond acceptors (Lipinski definition) is 5. The minimum atomic E-state index is -0.539. The summed E-state index contributed by atoms with van der Waals surface area (Å²) in [6.45, 7) is 0.188. The Hall–Kier alpha value is -2.41. The topological polar surface area (TPSA) is 111 Å². The van der Waals surface area contributed by atoms with E-state index in [0.29, 0.717) is 17.4 Å². The van der Waals surface area contributed by atoms with Gasteiger partial charge in [0.1, 0.15) is 0 Å². The molecule has 0 saturated carbocycles. The highest BCUT2D eigenvalue weighted by Gasteiger charge is 2.11. The first-order valence-corrected chi connectivity index (χ1v) is 5.28. The van der Waals surface area contributed by atoms with Gasteiger partial charge in [-0.2, -0.15) is 4.98 Å². The molecule has 0 atom stereocenters. The predicted molar refractivity (Wildman–Crippen MR) is 65.6 cm³/mol. The second-order valence-corrected chi connectivity index (χ2v) is 3.66. The minimum absolute atomic E-state index is 0.188. The van der Waals surface area contributed by atoms with E-state index in [9.17, 15) is 4.79 Å². The van der Waals surface area contributed by atoms with Gasteiger partial charge in [0.05, 0.1) is 6.54 Å². The van der Waals surface area contributed by atoms with Gasteiger partial charge in [0.2, 0.25) is 11.7 Å². The predicted octanol–water partition coefficient (Wildman–Crippen LogP) is 0.710. The van der Waals surface area contributed by atoms with E-state index in [2.05, 4.69) is 10.1 Å². The molecule has 2 rings (SSSR count). The van der Waals surface area contributed by atoms with Gasteiger partial charge in [0.15, 0.2) is 0 Å². The van der Waals surface area contributed by atoms with Crippen LogP contribution in [0.15, 0.2) is 28.8 Å². The first-order chi connectivity index (χ1) is 8.61. The normalized spacial score (nSPS) is 10.3. The lowest BCUT2D eigenvalue weighted by Crippen LogP contribution is -2.31. The Morgan fingerprint density at radius 2 is 2.28 bits per heavy atom. The molecule has 2 amide bonds. The number of rotatable bonds is 3. The van der Waals surface area contributed by atoms with Crippen molar-refractivity contribution in [1.82, 2.24) is 10.1 Å². The van der Waals surface area contributed by atoms with Crippen LogP contribution in [0.25, 0.3) is 11.4 Å². The average Bonchev–Trinajstić information content (AvgIpc) is 2.86. The summed E-state index contributed by atoms with van der Waals surface area (Å²) in [5.74, 6) is 0.786. The molecule has 0 fully saturated rings. The third-order valence-corrected chi connectivity index (χ3v) is 2.46. The van der Waals surface area contributed by atoms with E-state index in [1.807, 2.05) is 6.07 Å². The third kappa shape index (κ3) is 2.30. The van der Waals surface area contributed by atoms with E-state index >= 15 is 0 Å². The van der Waals surface area contributed by atoms with Crippen molar-refractivity contribution in [2.45, 2.75) is 6.54 Å². The Morgan fingerprint density at radius 1 is 1.50 bits per heavy atom. The van der Waals surface area contributed by atoms with Crippen LogP contribution < -0.4 is 16.4 Å². The van der Waals surface area contributed by atoms with Gasteiger partial charge in [-0.05, 0) is 12.1 Å². The number of carbonyl (C=O) groups is 1. The van der Waals surface area contributed by atoms with E-state index in [4.69, 9.17) is 16.0 Å². The molecule has 1 aromatic carbocycles. The molecule has 7 nitrogen and oxygen atoms in total. The van der Waals surface area contributed by atoms with Crippen molar-refractivity contribution < 1.29 is 9.32 Å². The van der Waals surface area contributed by atoms with Crippen LogP contribution in [0.4, 0.5) is 10.5 Å². The molecule has 0 saturated heterocycles. The van der Waals surface area contributed by atoms with E-state index in [1.165, 1.54) is 4.90 Å². The van der Waals surface area contributed by atoms with Gasteiger partial charge in [-0.1, -0.05) is 17.3 Å². The molecule has 0 aliphatic rings. The largest absolute Gasteiger partial charge is 0.351 e. The number of primary amides is 1. The molecule has 0 bridgehead atoms. The summed E-state index contributed by atoms with van der Waals surface area (Å²) >= 11 is 0. The number of amides is 2. The second kappa shape index (κ2) is 4.84. The Morgan fingerprint density at radius 3 is 2.89 bits per heavy atom. The molecule has 4 N–H and O–H groups in total. The van der Waals surface area contributed by atoms with E-state index in [-0.39, 0.29) is 6.54 Å². The summed E-state index contributed by atoms with van der Waals surface area (Å²) in [6, 6.07) is 6.56. The molecule has 18 heavy (non-hydrogen) atoms. The van der Waals surface area contributed by atoms with Crippen molar-refractivity contribution in [3.63, 3.8) is 0 Å². The molecule has 0 spiro atoms. The Bertz CT molecular complexity index is 566. The third-order valence-electron chi connectivity index (χ3n) is 2.46. The monoisotopic (exact) mass is 247 g/mol. The van der Waals surface area contributed by atoms with Crippen molar-refractivity contribution in [2.24, 2.45) is 11.5 Å². The van der Waals surface area contributed by atoms with Crippen LogP contribution in [-0.4, -0.2) is 23.2 Å². The average molecular weight is 247 g/mol. The number of carbonyl (C=O) groups excluding carboxylic acids is 1. The summed E-state index contributed by atoms with van der Waals surface area (Å²) in [7, 11) is 1.59. The maximum atomic E-state index is 11.1. The van der Waals surface area contributed by atoms with Gasteiger partial charge in [-0.25, -0.2) is 4.79 Å². The molecule has 2 aromatic rings. The molecular formula is C11H13N5O2. The first kappa shape index (κ1) is 12.1. The Balaban J connectivity index is 2.35. The number of hydrogen-bond donors (Lipinski definition) is 2. The molecule has 94 valence electrons. The fourth-order valence-corrected chi connectivity index (χ4v) is 1.44. The maximum absolute atomic E-state index is 11.1. The van der Waals surface area contributed by atoms with Crippen molar-refractivity contribution in [3.8, 4) is 11.4 Å². The Labute approximate surface area is 103 Å². The summed E-state index contributed by atoms with van der Waals surface area (Å²) in [5.41, 5.74) is 12.0. The molecule has 7 heteroatoms. The second-order valence-electron chi connectivity index (χ2n) is 3.66. The van der Waals surface area contributed by atoms with Crippen LogP contribution >= 0.6 is 0 Å². The molecule has 1 aromatic heterocycles. The fraction of sp³-hybridized carbons (Fsp3) is 0.182. The summed E-state index contributed by atoms with van der Waals surface area (Å²) in [5, 5.41) is 3.80. The quantitative estimate of drug-likeness (QED) is 0.829. The van der Waals surface area contributed by atoms with Gasteiger partial charge >= 0.3 is 6.03 Å². The van der Waals surface area contributed by atoms with Crippen molar-refractivity contribution >= 4 is 11.7 Å². The Kier molecular flexibility index (Phi) is 3.24. The molecule has 0 unspecified atom stereocenters. The summed E-state index contributed by atoms with van der Waals surface area (Å²) in [6.07, 6.45) is 0. The fourth-order valence-electron chi connectivity index (χ4n) is 1.44. The lowest BCUT2D eigenvalue weighted by atomic mass is 10.2. The van der Waals surface area contributed by atoms with Crippen LogP contribution in [0.5, 0.6) is 0 Å². The van der Waals surface area contributed by atoms with Crippen LogP contribution in [-0.2, 0) is 6.54 Å². The number of benzene rings is 1. The lowest BCUT2D eigenvalue weighted by molar-refractivity contribution is 0.255. The van der Waals surface area contributed by atoms with Crippen LogP contribution in [0.3, 0.4) is 0 Å².